The number of aromatic nitrogens is 2. The predicted molar refractivity (Wildman–Crippen MR) is 203 cm³/mol. The Morgan fingerprint density at radius 1 is 0.980 bits per heavy atom. The van der Waals surface area contributed by atoms with Gasteiger partial charge in [-0.25, -0.2) is 4.98 Å². The van der Waals surface area contributed by atoms with E-state index in [9.17, 15) is 9.90 Å². The van der Waals surface area contributed by atoms with E-state index in [4.69, 9.17) is 9.72 Å². The summed E-state index contributed by atoms with van der Waals surface area (Å²) in [6, 6.07) is 11.8. The van der Waals surface area contributed by atoms with Gasteiger partial charge >= 0.3 is 0 Å². The quantitative estimate of drug-likeness (QED) is 0.236. The molecule has 3 aromatic rings. The van der Waals surface area contributed by atoms with Crippen LogP contribution in [0.1, 0.15) is 86.5 Å². The highest BCUT2D eigenvalue weighted by atomic mass is 16.5. The Hall–Kier alpha value is -3.28. The van der Waals surface area contributed by atoms with E-state index in [-0.39, 0.29) is 18.0 Å². The maximum absolute atomic E-state index is 13.0. The molecule has 0 saturated carbocycles. The average Bonchev–Trinajstić information content (AvgIpc) is 3.12. The van der Waals surface area contributed by atoms with Gasteiger partial charge in [-0.1, -0.05) is 13.8 Å². The molecule has 0 amide bonds. The van der Waals surface area contributed by atoms with E-state index in [0.717, 1.165) is 104 Å². The van der Waals surface area contributed by atoms with Gasteiger partial charge in [0.15, 0.2) is 0 Å². The molecular formula is C40H59N7O3. The molecule has 5 heterocycles. The SMILES string of the molecule is CCN(c1cc(-c2ccc(N3CCN(C4CCN(C)CC4)CC3)nc2)cc(C(O)NCc2c(C(C)C)cc(C)[nH]c2=O)c1C)C1CCOCC1. The van der Waals surface area contributed by atoms with Crippen LogP contribution in [0.2, 0.25) is 0 Å². The zero-order chi connectivity index (χ0) is 35.4. The minimum atomic E-state index is -0.962. The van der Waals surface area contributed by atoms with Crippen LogP contribution < -0.4 is 20.7 Å². The maximum Gasteiger partial charge on any atom is 0.252 e. The first-order valence-corrected chi connectivity index (χ1v) is 18.9. The number of rotatable bonds is 11. The van der Waals surface area contributed by atoms with Crippen molar-refractivity contribution in [3.8, 4) is 11.1 Å². The summed E-state index contributed by atoms with van der Waals surface area (Å²) in [5, 5.41) is 15.1. The van der Waals surface area contributed by atoms with Crippen LogP contribution in [0.5, 0.6) is 0 Å². The number of aromatic amines is 1. The normalized spacial score (nSPS) is 19.3. The molecule has 0 aliphatic carbocycles. The summed E-state index contributed by atoms with van der Waals surface area (Å²) >= 11 is 0. The Morgan fingerprint density at radius 3 is 2.34 bits per heavy atom. The van der Waals surface area contributed by atoms with Crippen molar-refractivity contribution in [1.29, 1.82) is 0 Å². The lowest BCUT2D eigenvalue weighted by Crippen LogP contribution is -2.53. The average molecular weight is 686 g/mol. The second-order valence-corrected chi connectivity index (χ2v) is 15.0. The van der Waals surface area contributed by atoms with Gasteiger partial charge in [0, 0.05) is 98.8 Å². The Balaban J connectivity index is 1.25. The van der Waals surface area contributed by atoms with Crippen LogP contribution in [-0.2, 0) is 11.3 Å². The minimum Gasteiger partial charge on any atom is -0.381 e. The van der Waals surface area contributed by atoms with E-state index < -0.39 is 6.23 Å². The molecule has 0 radical (unpaired) electrons. The van der Waals surface area contributed by atoms with Crippen LogP contribution in [-0.4, -0.2) is 103 Å². The number of pyridine rings is 2. The minimum absolute atomic E-state index is 0.106. The number of hydrogen-bond acceptors (Lipinski definition) is 9. The van der Waals surface area contributed by atoms with Crippen molar-refractivity contribution in [3.63, 3.8) is 0 Å². The van der Waals surface area contributed by atoms with Gasteiger partial charge in [-0.15, -0.1) is 0 Å². The Bertz CT molecular complexity index is 1620. The van der Waals surface area contributed by atoms with Crippen molar-refractivity contribution in [3.05, 3.63) is 74.8 Å². The molecule has 50 heavy (non-hydrogen) atoms. The van der Waals surface area contributed by atoms with Crippen LogP contribution in [0.15, 0.2) is 41.3 Å². The molecule has 3 saturated heterocycles. The van der Waals surface area contributed by atoms with Gasteiger partial charge in [0.1, 0.15) is 12.0 Å². The molecular weight excluding hydrogens is 626 g/mol. The van der Waals surface area contributed by atoms with Gasteiger partial charge in [0.2, 0.25) is 0 Å². The molecule has 272 valence electrons. The first kappa shape index (κ1) is 36.5. The standard InChI is InChI=1S/C40H59N7O3/c1-7-47(33-12-20-50-21-13-33)37-24-31(23-35(29(37)5)39(48)42-26-36-34(27(2)3)22-28(4)43-40(36)49)30-8-9-38(41-25-30)46-18-16-45(17-19-46)32-10-14-44(6)15-11-32/h8-9,22-25,27,32-33,39,42,48H,7,10-21,26H2,1-6H3,(H,43,49). The number of nitrogens with zero attached hydrogens (tertiary/aromatic N) is 5. The van der Waals surface area contributed by atoms with Crippen LogP contribution in [0, 0.1) is 13.8 Å². The Morgan fingerprint density at radius 2 is 1.70 bits per heavy atom. The van der Waals surface area contributed by atoms with Crippen molar-refractivity contribution in [2.24, 2.45) is 0 Å². The van der Waals surface area contributed by atoms with Gasteiger partial charge in [0.05, 0.1) is 0 Å². The molecule has 1 aromatic carbocycles. The van der Waals surface area contributed by atoms with Gasteiger partial charge in [-0.2, -0.15) is 0 Å². The highest BCUT2D eigenvalue weighted by Gasteiger charge is 2.28. The largest absolute Gasteiger partial charge is 0.381 e. The van der Waals surface area contributed by atoms with Gasteiger partial charge in [0.25, 0.3) is 5.56 Å². The summed E-state index contributed by atoms with van der Waals surface area (Å²) in [5.41, 5.74) is 7.43. The molecule has 6 rings (SSSR count). The summed E-state index contributed by atoms with van der Waals surface area (Å²) in [6.45, 7) is 19.6. The van der Waals surface area contributed by atoms with E-state index >= 15 is 0 Å². The van der Waals surface area contributed by atoms with Crippen molar-refractivity contribution in [1.82, 2.24) is 25.1 Å². The van der Waals surface area contributed by atoms with Crippen LogP contribution >= 0.6 is 0 Å². The second-order valence-electron chi connectivity index (χ2n) is 15.0. The third-order valence-electron chi connectivity index (χ3n) is 11.3. The molecule has 0 bridgehead atoms. The molecule has 3 N–H and O–H groups in total. The summed E-state index contributed by atoms with van der Waals surface area (Å²) in [4.78, 5) is 31.0. The Labute approximate surface area is 298 Å². The number of ether oxygens (including phenoxy) is 1. The third-order valence-corrected chi connectivity index (χ3v) is 11.3. The number of H-pyrrole nitrogens is 1. The number of anilines is 2. The van der Waals surface area contributed by atoms with Gasteiger partial charge < -0.3 is 29.5 Å². The van der Waals surface area contributed by atoms with E-state index in [1.54, 1.807) is 0 Å². The number of aliphatic hydroxyl groups is 1. The molecule has 10 heteroatoms. The lowest BCUT2D eigenvalue weighted by molar-refractivity contribution is 0.0846. The number of piperazine rings is 1. The number of likely N-dealkylation sites (tertiary alicyclic amines) is 1. The molecule has 3 fully saturated rings. The topological polar surface area (TPSA) is 100 Å². The summed E-state index contributed by atoms with van der Waals surface area (Å²) in [7, 11) is 2.23. The van der Waals surface area contributed by atoms with Gasteiger partial charge in [-0.3, -0.25) is 15.0 Å². The summed E-state index contributed by atoms with van der Waals surface area (Å²) in [6.07, 6.45) is 5.51. The van der Waals surface area contributed by atoms with Crippen molar-refractivity contribution in [2.75, 3.05) is 75.9 Å². The monoisotopic (exact) mass is 685 g/mol. The third kappa shape index (κ3) is 8.26. The number of hydrogen-bond donors (Lipinski definition) is 3. The van der Waals surface area contributed by atoms with E-state index in [2.05, 4.69) is 88.9 Å². The van der Waals surface area contributed by atoms with Gasteiger partial charge in [-0.05, 0) is 120 Å². The lowest BCUT2D eigenvalue weighted by atomic mass is 9.95. The summed E-state index contributed by atoms with van der Waals surface area (Å²) in [5.74, 6) is 1.21. The highest BCUT2D eigenvalue weighted by Crippen LogP contribution is 2.36. The zero-order valence-corrected chi connectivity index (χ0v) is 31.2. The maximum atomic E-state index is 13.0. The van der Waals surface area contributed by atoms with Crippen LogP contribution in [0.25, 0.3) is 11.1 Å². The smallest absolute Gasteiger partial charge is 0.252 e. The first-order valence-electron chi connectivity index (χ1n) is 18.9. The van der Waals surface area contributed by atoms with E-state index in [0.29, 0.717) is 17.6 Å². The zero-order valence-electron chi connectivity index (χ0n) is 31.2. The Kier molecular flexibility index (Phi) is 12.0. The van der Waals surface area contributed by atoms with Crippen molar-refractivity contribution < 1.29 is 9.84 Å². The molecule has 0 spiro atoms. The second kappa shape index (κ2) is 16.4. The predicted octanol–water partition coefficient (Wildman–Crippen LogP) is 5.18. The van der Waals surface area contributed by atoms with E-state index in [1.165, 1.54) is 25.9 Å². The fraction of sp³-hybridized carbons (Fsp3) is 0.600. The molecule has 3 aliphatic heterocycles. The molecule has 1 atom stereocenters. The van der Waals surface area contributed by atoms with E-state index in [1.807, 2.05) is 19.2 Å². The molecule has 2 aromatic heterocycles. The van der Waals surface area contributed by atoms with Crippen LogP contribution in [0.3, 0.4) is 0 Å². The molecule has 1 unspecified atom stereocenters. The number of piperidine rings is 1. The van der Waals surface area contributed by atoms with Crippen molar-refractivity contribution in [2.45, 2.75) is 91.1 Å². The number of nitrogens with one attached hydrogen (secondary N) is 2. The van der Waals surface area contributed by atoms with Crippen molar-refractivity contribution >= 4 is 11.5 Å². The molecule has 3 aliphatic rings. The fourth-order valence-corrected chi connectivity index (χ4v) is 8.26. The summed E-state index contributed by atoms with van der Waals surface area (Å²) < 4.78 is 5.71. The number of benzene rings is 1. The lowest BCUT2D eigenvalue weighted by Gasteiger charge is -2.42. The fourth-order valence-electron chi connectivity index (χ4n) is 8.26. The molecule has 10 nitrogen and oxygen atoms in total. The number of aryl methyl sites for hydroxylation is 1. The number of aliphatic hydroxyl groups excluding tert-OH is 1. The highest BCUT2D eigenvalue weighted by molar-refractivity contribution is 5.73. The van der Waals surface area contributed by atoms with Crippen LogP contribution in [0.4, 0.5) is 11.5 Å². The first-order chi connectivity index (χ1) is 24.1.